The van der Waals surface area contributed by atoms with Crippen LogP contribution in [-0.4, -0.2) is 18.9 Å². The quantitative estimate of drug-likeness (QED) is 0.128. The van der Waals surface area contributed by atoms with Crippen LogP contribution in [0.3, 0.4) is 0 Å². The first-order valence-electron chi connectivity index (χ1n) is 17.9. The van der Waals surface area contributed by atoms with E-state index in [-0.39, 0.29) is 26.5 Å². The van der Waals surface area contributed by atoms with Gasteiger partial charge in [-0.15, -0.1) is 29.7 Å². The number of aromatic nitrogens is 4. The second kappa shape index (κ2) is 13.1. The molecule has 0 fully saturated rings. The van der Waals surface area contributed by atoms with Crippen LogP contribution in [0.1, 0.15) is 26.3 Å². The number of imidazole rings is 1. The fraction of sp³-hybridized carbons (Fsp3) is 0.0833. The molecule has 0 aliphatic carbocycles. The first-order valence-corrected chi connectivity index (χ1v) is 17.9. The van der Waals surface area contributed by atoms with Crippen molar-refractivity contribution in [3.8, 4) is 39.8 Å². The summed E-state index contributed by atoms with van der Waals surface area (Å²) in [5.41, 5.74) is 9.06. The molecule has 0 bridgehead atoms. The summed E-state index contributed by atoms with van der Waals surface area (Å²) in [7, 11) is 0. The first-order chi connectivity index (χ1) is 25.9. The van der Waals surface area contributed by atoms with E-state index in [1.165, 1.54) is 0 Å². The van der Waals surface area contributed by atoms with Gasteiger partial charge in [-0.25, -0.2) is 4.98 Å². The Labute approximate surface area is 327 Å². The van der Waals surface area contributed by atoms with E-state index >= 15 is 0 Å². The van der Waals surface area contributed by atoms with E-state index in [1.54, 1.807) is 0 Å². The molecule has 10 aromatic rings. The molecule has 0 N–H and O–H groups in total. The molecular formula is C48H34N4OPt. The predicted molar refractivity (Wildman–Crippen MR) is 216 cm³/mol. The number of hydrogen-bond acceptors (Lipinski definition) is 3. The smallest absolute Gasteiger partial charge is 0.503 e. The molecule has 0 amide bonds. The molecule has 0 aliphatic heterocycles. The monoisotopic (exact) mass is 877 g/mol. The Morgan fingerprint density at radius 3 is 1.91 bits per heavy atom. The molecule has 0 aliphatic rings. The number of nitrogens with zero attached hydrogens (tertiary/aromatic N) is 4. The molecule has 4 aromatic heterocycles. The van der Waals surface area contributed by atoms with Crippen molar-refractivity contribution < 1.29 is 25.8 Å². The number of benzene rings is 6. The molecule has 0 saturated carbocycles. The number of para-hydroxylation sites is 2. The molecule has 0 saturated heterocycles. The third kappa shape index (κ3) is 5.42. The zero-order valence-corrected chi connectivity index (χ0v) is 32.2. The fourth-order valence-electron chi connectivity index (χ4n) is 7.75. The minimum atomic E-state index is -0.113. The molecule has 0 radical (unpaired) electrons. The van der Waals surface area contributed by atoms with Crippen LogP contribution in [0.2, 0.25) is 0 Å². The van der Waals surface area contributed by atoms with Crippen molar-refractivity contribution >= 4 is 49.1 Å². The van der Waals surface area contributed by atoms with Gasteiger partial charge in [-0.3, -0.25) is 4.98 Å². The Bertz CT molecular complexity index is 3010. The number of rotatable bonds is 5. The van der Waals surface area contributed by atoms with Crippen LogP contribution in [0.25, 0.3) is 77.5 Å². The summed E-state index contributed by atoms with van der Waals surface area (Å²) in [6.45, 7) is 6.67. The van der Waals surface area contributed by atoms with Gasteiger partial charge < -0.3 is 13.7 Å². The van der Waals surface area contributed by atoms with Crippen LogP contribution < -0.4 is 4.74 Å². The Balaban J connectivity index is 0.00000384. The number of fused-ring (bicyclic) bond motifs is 9. The van der Waals surface area contributed by atoms with Crippen molar-refractivity contribution in [1.29, 1.82) is 0 Å². The molecule has 54 heavy (non-hydrogen) atoms. The van der Waals surface area contributed by atoms with E-state index in [4.69, 9.17) is 14.7 Å². The largest absolute Gasteiger partial charge is 2.00 e. The maximum Gasteiger partial charge on any atom is 2.00 e. The van der Waals surface area contributed by atoms with Crippen LogP contribution in [0.4, 0.5) is 0 Å². The average Bonchev–Trinajstić information content (AvgIpc) is 3.75. The average molecular weight is 878 g/mol. The maximum absolute atomic E-state index is 6.66. The topological polar surface area (TPSA) is 44.4 Å². The first kappa shape index (κ1) is 33.8. The molecule has 5 nitrogen and oxygen atoms in total. The van der Waals surface area contributed by atoms with Gasteiger partial charge in [0.25, 0.3) is 0 Å². The van der Waals surface area contributed by atoms with E-state index in [0.29, 0.717) is 11.5 Å². The van der Waals surface area contributed by atoms with Gasteiger partial charge >= 0.3 is 21.1 Å². The van der Waals surface area contributed by atoms with Gasteiger partial charge in [0.1, 0.15) is 5.82 Å². The third-order valence-corrected chi connectivity index (χ3v) is 10.1. The molecule has 0 unspecified atom stereocenters. The summed E-state index contributed by atoms with van der Waals surface area (Å²) in [5.74, 6) is 2.08. The zero-order valence-electron chi connectivity index (χ0n) is 29.9. The summed E-state index contributed by atoms with van der Waals surface area (Å²) in [6, 6.07) is 57.6. The Hall–Kier alpha value is -6.03. The summed E-state index contributed by atoms with van der Waals surface area (Å²) in [4.78, 5) is 10.3. The van der Waals surface area contributed by atoms with E-state index in [1.807, 2.05) is 36.5 Å². The van der Waals surface area contributed by atoms with E-state index in [2.05, 4.69) is 157 Å². The van der Waals surface area contributed by atoms with Crippen molar-refractivity contribution in [2.24, 2.45) is 0 Å². The van der Waals surface area contributed by atoms with Gasteiger partial charge in [-0.1, -0.05) is 146 Å². The summed E-state index contributed by atoms with van der Waals surface area (Å²) in [5, 5.41) is 5.31. The molecular weight excluding hydrogens is 844 g/mol. The standard InChI is InChI=1S/C48H34N4O.Pt/c1-48(2,3)40-21-14-28-49-47(40)51-41-22-12-11-20-37(41)38-27-25-34(30-43(38)51)53-33-24-26-35-36-19-10-13-23-42(36)52-45(32-17-8-5-9-18-32)44(31-15-6-4-7-16-31)50-46(52)39(35)29-33;/h4-28H,1-3H3;/q-2;+2. The van der Waals surface area contributed by atoms with Gasteiger partial charge in [0, 0.05) is 39.9 Å². The molecule has 6 aromatic carbocycles. The molecule has 4 heterocycles. The van der Waals surface area contributed by atoms with Gasteiger partial charge in [0.05, 0.1) is 17.0 Å². The summed E-state index contributed by atoms with van der Waals surface area (Å²) >= 11 is 0. The van der Waals surface area contributed by atoms with Crippen molar-refractivity contribution in [3.63, 3.8) is 0 Å². The third-order valence-electron chi connectivity index (χ3n) is 10.1. The van der Waals surface area contributed by atoms with E-state index in [0.717, 1.165) is 83.0 Å². The van der Waals surface area contributed by atoms with Gasteiger partial charge in [0.15, 0.2) is 0 Å². The zero-order chi connectivity index (χ0) is 35.7. The SMILES string of the molecule is CC(C)(C)c1cccnc1-n1c2[c-]c(Oc3[c-]c4c(cc3)c3ccccc3n3c(-c5ccccc5)c(-c5ccccc5)nc43)ccc2c2ccccc21.[Pt+2]. The van der Waals surface area contributed by atoms with Crippen LogP contribution in [0.15, 0.2) is 152 Å². The Morgan fingerprint density at radius 1 is 0.574 bits per heavy atom. The van der Waals surface area contributed by atoms with Crippen molar-refractivity contribution in [3.05, 3.63) is 169 Å². The molecule has 6 heteroatoms. The van der Waals surface area contributed by atoms with Crippen molar-refractivity contribution in [2.45, 2.75) is 26.2 Å². The van der Waals surface area contributed by atoms with Crippen LogP contribution >= 0.6 is 0 Å². The normalized spacial score (nSPS) is 11.8. The van der Waals surface area contributed by atoms with Gasteiger partial charge in [0.2, 0.25) is 0 Å². The fourth-order valence-corrected chi connectivity index (χ4v) is 7.75. The van der Waals surface area contributed by atoms with Gasteiger partial charge in [-0.2, -0.15) is 6.07 Å². The second-order valence-corrected chi connectivity index (χ2v) is 14.5. The number of pyridine rings is 2. The van der Waals surface area contributed by atoms with Crippen LogP contribution in [0.5, 0.6) is 11.5 Å². The molecule has 0 spiro atoms. The minimum Gasteiger partial charge on any atom is -0.503 e. The van der Waals surface area contributed by atoms with E-state index in [9.17, 15) is 0 Å². The predicted octanol–water partition coefficient (Wildman–Crippen LogP) is 12.2. The van der Waals surface area contributed by atoms with E-state index < -0.39 is 0 Å². The summed E-state index contributed by atoms with van der Waals surface area (Å²) in [6.07, 6.45) is 1.86. The second-order valence-electron chi connectivity index (χ2n) is 14.5. The molecule has 10 rings (SSSR count). The van der Waals surface area contributed by atoms with Crippen LogP contribution in [-0.2, 0) is 26.5 Å². The van der Waals surface area contributed by atoms with Gasteiger partial charge in [-0.05, 0) is 39.9 Å². The maximum atomic E-state index is 6.66. The number of ether oxygens (including phenoxy) is 1. The molecule has 0 atom stereocenters. The Morgan fingerprint density at radius 2 is 1.19 bits per heavy atom. The Kier molecular flexibility index (Phi) is 8.21. The summed E-state index contributed by atoms with van der Waals surface area (Å²) < 4.78 is 11.2. The van der Waals surface area contributed by atoms with Crippen molar-refractivity contribution in [1.82, 2.24) is 18.9 Å². The minimum absolute atomic E-state index is 0. The number of hydrogen-bond donors (Lipinski definition) is 0. The van der Waals surface area contributed by atoms with Crippen molar-refractivity contribution in [2.75, 3.05) is 0 Å². The molecule has 262 valence electrons. The van der Waals surface area contributed by atoms with Crippen LogP contribution in [0, 0.1) is 12.1 Å².